The Balaban J connectivity index is 1.66. The number of pyridine rings is 1. The van der Waals surface area contributed by atoms with Gasteiger partial charge in [-0.2, -0.15) is 0 Å². The average molecular weight is 247 g/mol. The van der Waals surface area contributed by atoms with Gasteiger partial charge in [0, 0.05) is 12.6 Å². The number of nitrogens with zero attached hydrogens (tertiary/aromatic N) is 2. The van der Waals surface area contributed by atoms with Gasteiger partial charge in [-0.3, -0.25) is 10.1 Å². The normalized spacial score (nSPS) is 20.5. The van der Waals surface area contributed by atoms with Crippen molar-refractivity contribution in [3.63, 3.8) is 0 Å². The van der Waals surface area contributed by atoms with E-state index >= 15 is 0 Å². The number of nitro groups is 1. The molecule has 0 radical (unpaired) electrons. The molecule has 18 heavy (non-hydrogen) atoms. The lowest BCUT2D eigenvalue weighted by atomic mass is 10.0. The molecule has 0 unspecified atom stereocenters. The number of nitrogens with one attached hydrogen (secondary N) is 1. The molecule has 1 N–H and O–H groups in total. The van der Waals surface area contributed by atoms with Crippen molar-refractivity contribution in [2.45, 2.75) is 32.6 Å². The summed E-state index contributed by atoms with van der Waals surface area (Å²) >= 11 is 0. The van der Waals surface area contributed by atoms with Gasteiger partial charge in [-0.15, -0.1) is 0 Å². The summed E-state index contributed by atoms with van der Waals surface area (Å²) in [6, 6.07) is 3.23. The van der Waals surface area contributed by atoms with E-state index in [-0.39, 0.29) is 5.69 Å². The first-order chi connectivity index (χ1) is 8.61. The SMILES string of the molecule is Cc1nc(NCC2(C3CC3)CC2)ccc1[N+](=O)[O-]. The Kier molecular flexibility index (Phi) is 2.50. The van der Waals surface area contributed by atoms with Gasteiger partial charge < -0.3 is 5.32 Å². The monoisotopic (exact) mass is 247 g/mol. The third kappa shape index (κ3) is 2.05. The summed E-state index contributed by atoms with van der Waals surface area (Å²) in [4.78, 5) is 14.6. The van der Waals surface area contributed by atoms with Crippen molar-refractivity contribution in [2.75, 3.05) is 11.9 Å². The summed E-state index contributed by atoms with van der Waals surface area (Å²) in [6.45, 7) is 2.64. The topological polar surface area (TPSA) is 68.1 Å². The minimum absolute atomic E-state index is 0.0869. The van der Waals surface area contributed by atoms with Gasteiger partial charge in [0.1, 0.15) is 11.5 Å². The molecule has 2 aliphatic rings. The van der Waals surface area contributed by atoms with Crippen molar-refractivity contribution in [1.82, 2.24) is 4.98 Å². The molecular formula is C13H17N3O2. The molecule has 96 valence electrons. The van der Waals surface area contributed by atoms with Crippen molar-refractivity contribution < 1.29 is 4.92 Å². The first-order valence-electron chi connectivity index (χ1n) is 6.47. The van der Waals surface area contributed by atoms with Gasteiger partial charge >= 0.3 is 0 Å². The number of hydrogen-bond acceptors (Lipinski definition) is 4. The lowest BCUT2D eigenvalue weighted by Crippen LogP contribution is -2.18. The summed E-state index contributed by atoms with van der Waals surface area (Å²) in [7, 11) is 0. The highest BCUT2D eigenvalue weighted by molar-refractivity contribution is 5.45. The Morgan fingerprint density at radius 1 is 1.50 bits per heavy atom. The molecule has 1 aromatic rings. The minimum atomic E-state index is -0.390. The van der Waals surface area contributed by atoms with Gasteiger partial charge in [-0.05, 0) is 50.0 Å². The number of anilines is 1. The van der Waals surface area contributed by atoms with Crippen LogP contribution in [0.5, 0.6) is 0 Å². The molecule has 0 amide bonds. The fourth-order valence-corrected chi connectivity index (χ4v) is 2.70. The van der Waals surface area contributed by atoms with Crippen molar-refractivity contribution in [2.24, 2.45) is 11.3 Å². The minimum Gasteiger partial charge on any atom is -0.369 e. The molecule has 5 nitrogen and oxygen atoms in total. The standard InChI is InChI=1S/C13H17N3O2/c1-9-11(16(17)18)4-5-12(15-9)14-8-13(6-7-13)10-2-3-10/h4-5,10H,2-3,6-8H2,1H3,(H,14,15). The van der Waals surface area contributed by atoms with Crippen LogP contribution in [0, 0.1) is 28.4 Å². The number of aromatic nitrogens is 1. The van der Waals surface area contributed by atoms with Crippen LogP contribution < -0.4 is 5.32 Å². The van der Waals surface area contributed by atoms with E-state index in [1.165, 1.54) is 31.7 Å². The Bertz CT molecular complexity index is 493. The summed E-state index contributed by atoms with van der Waals surface area (Å²) < 4.78 is 0. The van der Waals surface area contributed by atoms with Crippen molar-refractivity contribution >= 4 is 11.5 Å². The summed E-state index contributed by atoms with van der Waals surface area (Å²) in [6.07, 6.45) is 5.37. The average Bonchev–Trinajstić information content (AvgIpc) is 3.17. The van der Waals surface area contributed by atoms with E-state index in [1.54, 1.807) is 13.0 Å². The number of rotatable bonds is 5. The Labute approximate surface area is 106 Å². The quantitative estimate of drug-likeness (QED) is 0.641. The van der Waals surface area contributed by atoms with Crippen LogP contribution in [-0.2, 0) is 0 Å². The van der Waals surface area contributed by atoms with Crippen LogP contribution >= 0.6 is 0 Å². The molecule has 2 fully saturated rings. The second-order valence-corrected chi connectivity index (χ2v) is 5.55. The van der Waals surface area contributed by atoms with Crippen LogP contribution in [0.2, 0.25) is 0 Å². The van der Waals surface area contributed by atoms with Crippen LogP contribution in [-0.4, -0.2) is 16.5 Å². The maximum absolute atomic E-state index is 10.7. The third-order valence-electron chi connectivity index (χ3n) is 4.21. The molecule has 2 aliphatic carbocycles. The zero-order valence-electron chi connectivity index (χ0n) is 10.5. The van der Waals surface area contributed by atoms with E-state index in [9.17, 15) is 10.1 Å². The molecule has 0 aliphatic heterocycles. The molecule has 3 rings (SSSR count). The van der Waals surface area contributed by atoms with Crippen LogP contribution in [0.4, 0.5) is 11.5 Å². The largest absolute Gasteiger partial charge is 0.369 e. The molecule has 5 heteroatoms. The second kappa shape index (κ2) is 3.93. The zero-order valence-corrected chi connectivity index (χ0v) is 10.5. The van der Waals surface area contributed by atoms with Gasteiger partial charge in [-0.1, -0.05) is 0 Å². The predicted octanol–water partition coefficient (Wildman–Crippen LogP) is 2.90. The van der Waals surface area contributed by atoms with Gasteiger partial charge in [0.25, 0.3) is 5.69 Å². The fourth-order valence-electron chi connectivity index (χ4n) is 2.70. The van der Waals surface area contributed by atoms with E-state index < -0.39 is 4.92 Å². The molecule has 1 heterocycles. The molecule has 0 saturated heterocycles. The number of hydrogen-bond donors (Lipinski definition) is 1. The third-order valence-corrected chi connectivity index (χ3v) is 4.21. The maximum Gasteiger partial charge on any atom is 0.290 e. The highest BCUT2D eigenvalue weighted by atomic mass is 16.6. The van der Waals surface area contributed by atoms with E-state index in [0.717, 1.165) is 18.3 Å². The van der Waals surface area contributed by atoms with E-state index in [2.05, 4.69) is 10.3 Å². The van der Waals surface area contributed by atoms with Gasteiger partial charge in [0.15, 0.2) is 0 Å². The van der Waals surface area contributed by atoms with E-state index in [4.69, 9.17) is 0 Å². The Hall–Kier alpha value is -1.65. The van der Waals surface area contributed by atoms with Crippen molar-refractivity contribution in [3.05, 3.63) is 27.9 Å². The Morgan fingerprint density at radius 2 is 2.22 bits per heavy atom. The second-order valence-electron chi connectivity index (χ2n) is 5.55. The first kappa shape index (κ1) is 11.4. The zero-order chi connectivity index (χ0) is 12.8. The highest BCUT2D eigenvalue weighted by Crippen LogP contribution is 2.61. The first-order valence-corrected chi connectivity index (χ1v) is 6.47. The summed E-state index contributed by atoms with van der Waals surface area (Å²) in [5, 5.41) is 14.0. The van der Waals surface area contributed by atoms with Crippen LogP contribution in [0.15, 0.2) is 12.1 Å². The molecule has 0 aromatic carbocycles. The predicted molar refractivity (Wildman–Crippen MR) is 68.5 cm³/mol. The summed E-state index contributed by atoms with van der Waals surface area (Å²) in [5.41, 5.74) is 1.07. The maximum atomic E-state index is 10.7. The van der Waals surface area contributed by atoms with E-state index in [0.29, 0.717) is 11.1 Å². The number of aryl methyl sites for hydroxylation is 1. The molecule has 2 saturated carbocycles. The van der Waals surface area contributed by atoms with Crippen LogP contribution in [0.3, 0.4) is 0 Å². The van der Waals surface area contributed by atoms with Crippen molar-refractivity contribution in [3.8, 4) is 0 Å². The molecule has 0 atom stereocenters. The molecule has 1 aromatic heterocycles. The van der Waals surface area contributed by atoms with Crippen LogP contribution in [0.25, 0.3) is 0 Å². The Morgan fingerprint density at radius 3 is 2.72 bits per heavy atom. The van der Waals surface area contributed by atoms with E-state index in [1.807, 2.05) is 0 Å². The van der Waals surface area contributed by atoms with Crippen LogP contribution in [0.1, 0.15) is 31.4 Å². The van der Waals surface area contributed by atoms with Gasteiger partial charge in [-0.25, -0.2) is 4.98 Å². The smallest absolute Gasteiger partial charge is 0.290 e. The lowest BCUT2D eigenvalue weighted by molar-refractivity contribution is -0.385. The summed E-state index contributed by atoms with van der Waals surface area (Å²) in [5.74, 6) is 1.66. The molecular weight excluding hydrogens is 230 g/mol. The molecule has 0 spiro atoms. The van der Waals surface area contributed by atoms with Crippen molar-refractivity contribution in [1.29, 1.82) is 0 Å². The molecule has 0 bridgehead atoms. The lowest BCUT2D eigenvalue weighted by Gasteiger charge is -2.15. The van der Waals surface area contributed by atoms with Gasteiger partial charge in [0.05, 0.1) is 4.92 Å². The van der Waals surface area contributed by atoms with Gasteiger partial charge in [0.2, 0.25) is 0 Å². The fraction of sp³-hybridized carbons (Fsp3) is 0.615. The highest BCUT2D eigenvalue weighted by Gasteiger charge is 2.53.